The molecule has 0 amide bonds. The molecular formula is C16H22N4O. The number of aryl methyl sites for hydroxylation is 1. The van der Waals surface area contributed by atoms with Gasteiger partial charge in [-0.3, -0.25) is 9.13 Å². The highest BCUT2D eigenvalue weighted by Gasteiger charge is 2.19. The molecule has 0 saturated heterocycles. The van der Waals surface area contributed by atoms with Crippen LogP contribution in [0.5, 0.6) is 0 Å². The first kappa shape index (κ1) is 14.1. The minimum Gasteiger partial charge on any atom is -0.309 e. The Labute approximate surface area is 124 Å². The minimum atomic E-state index is 0.00287. The maximum absolute atomic E-state index is 12.5. The van der Waals surface area contributed by atoms with Crippen LogP contribution in [0, 0.1) is 5.41 Å². The SMILES string of the molecule is Cn1c(=O)n(CC(C)(C)C)c2ccc(C3=CCNC3)nc21. The molecule has 21 heavy (non-hydrogen) atoms. The van der Waals surface area contributed by atoms with Gasteiger partial charge in [0.05, 0.1) is 11.2 Å². The maximum atomic E-state index is 12.5. The van der Waals surface area contributed by atoms with Gasteiger partial charge in [-0.2, -0.15) is 0 Å². The van der Waals surface area contributed by atoms with Gasteiger partial charge in [0.15, 0.2) is 5.65 Å². The Morgan fingerprint density at radius 1 is 1.33 bits per heavy atom. The van der Waals surface area contributed by atoms with Crippen LogP contribution in [0.3, 0.4) is 0 Å². The number of hydrogen-bond acceptors (Lipinski definition) is 3. The van der Waals surface area contributed by atoms with Crippen molar-refractivity contribution in [3.63, 3.8) is 0 Å². The zero-order valence-corrected chi connectivity index (χ0v) is 13.1. The second kappa shape index (κ2) is 4.84. The average molecular weight is 286 g/mol. The standard InChI is InChI=1S/C16H22N4O/c1-16(2,3)10-20-13-6-5-12(11-7-8-17-9-11)18-14(13)19(4)15(20)21/h5-7,17H,8-10H2,1-4H3. The van der Waals surface area contributed by atoms with Crippen LogP contribution in [-0.4, -0.2) is 27.2 Å². The van der Waals surface area contributed by atoms with Crippen molar-refractivity contribution >= 4 is 16.7 Å². The molecule has 0 bridgehead atoms. The van der Waals surface area contributed by atoms with Crippen molar-refractivity contribution in [2.75, 3.05) is 13.1 Å². The first-order valence-corrected chi connectivity index (χ1v) is 7.33. The molecule has 5 heteroatoms. The molecule has 0 aliphatic carbocycles. The Bertz CT molecular complexity index is 774. The first-order valence-electron chi connectivity index (χ1n) is 7.33. The second-order valence-corrected chi connectivity index (χ2v) is 6.89. The summed E-state index contributed by atoms with van der Waals surface area (Å²) in [7, 11) is 1.79. The number of hydrogen-bond donors (Lipinski definition) is 1. The third-order valence-electron chi connectivity index (χ3n) is 3.75. The van der Waals surface area contributed by atoms with Gasteiger partial charge in [0.25, 0.3) is 0 Å². The summed E-state index contributed by atoms with van der Waals surface area (Å²) in [5.74, 6) is 0. The van der Waals surface area contributed by atoms with Gasteiger partial charge in [-0.15, -0.1) is 0 Å². The third-order valence-corrected chi connectivity index (χ3v) is 3.75. The van der Waals surface area contributed by atoms with Gasteiger partial charge in [-0.25, -0.2) is 9.78 Å². The Kier molecular flexibility index (Phi) is 3.24. The van der Waals surface area contributed by atoms with Gasteiger partial charge in [0, 0.05) is 26.7 Å². The Balaban J connectivity index is 2.15. The van der Waals surface area contributed by atoms with Crippen LogP contribution in [0.1, 0.15) is 26.5 Å². The van der Waals surface area contributed by atoms with Crippen molar-refractivity contribution < 1.29 is 0 Å². The molecule has 0 spiro atoms. The molecule has 112 valence electrons. The fourth-order valence-electron chi connectivity index (χ4n) is 2.75. The molecule has 0 aromatic carbocycles. The van der Waals surface area contributed by atoms with E-state index in [0.29, 0.717) is 6.54 Å². The fourth-order valence-corrected chi connectivity index (χ4v) is 2.75. The van der Waals surface area contributed by atoms with E-state index in [0.717, 1.165) is 29.9 Å². The van der Waals surface area contributed by atoms with Crippen molar-refractivity contribution in [2.24, 2.45) is 12.5 Å². The van der Waals surface area contributed by atoms with E-state index in [1.165, 1.54) is 5.57 Å². The van der Waals surface area contributed by atoms with Crippen LogP contribution in [0.2, 0.25) is 0 Å². The molecular weight excluding hydrogens is 264 g/mol. The molecule has 3 heterocycles. The van der Waals surface area contributed by atoms with Crippen LogP contribution < -0.4 is 11.0 Å². The summed E-state index contributed by atoms with van der Waals surface area (Å²) >= 11 is 0. The molecule has 5 nitrogen and oxygen atoms in total. The molecule has 1 aliphatic heterocycles. The number of pyridine rings is 1. The smallest absolute Gasteiger partial charge is 0.309 e. The summed E-state index contributed by atoms with van der Waals surface area (Å²) in [5, 5.41) is 3.27. The molecule has 0 atom stereocenters. The van der Waals surface area contributed by atoms with Crippen molar-refractivity contribution in [2.45, 2.75) is 27.3 Å². The second-order valence-electron chi connectivity index (χ2n) is 6.89. The van der Waals surface area contributed by atoms with E-state index >= 15 is 0 Å². The minimum absolute atomic E-state index is 0.00287. The Hall–Kier alpha value is -1.88. The maximum Gasteiger partial charge on any atom is 0.330 e. The molecule has 1 aliphatic rings. The number of nitrogens with zero attached hydrogens (tertiary/aromatic N) is 3. The Morgan fingerprint density at radius 3 is 2.71 bits per heavy atom. The molecule has 2 aromatic heterocycles. The van der Waals surface area contributed by atoms with Crippen LogP contribution >= 0.6 is 0 Å². The van der Waals surface area contributed by atoms with Crippen LogP contribution in [0.25, 0.3) is 16.7 Å². The zero-order chi connectivity index (χ0) is 15.2. The normalized spacial score (nSPS) is 15.7. The molecule has 0 radical (unpaired) electrons. The van der Waals surface area contributed by atoms with Crippen molar-refractivity contribution in [1.29, 1.82) is 0 Å². The van der Waals surface area contributed by atoms with E-state index in [4.69, 9.17) is 4.98 Å². The van der Waals surface area contributed by atoms with Gasteiger partial charge < -0.3 is 5.32 Å². The molecule has 3 rings (SSSR count). The van der Waals surface area contributed by atoms with Gasteiger partial charge >= 0.3 is 5.69 Å². The summed E-state index contributed by atoms with van der Waals surface area (Å²) in [6.45, 7) is 8.82. The van der Waals surface area contributed by atoms with E-state index < -0.39 is 0 Å². The summed E-state index contributed by atoms with van der Waals surface area (Å²) in [5.41, 5.74) is 3.88. The van der Waals surface area contributed by atoms with E-state index in [1.54, 1.807) is 11.6 Å². The highest BCUT2D eigenvalue weighted by molar-refractivity contribution is 5.76. The summed E-state index contributed by atoms with van der Waals surface area (Å²) in [6, 6.07) is 4.03. The van der Waals surface area contributed by atoms with E-state index in [2.05, 4.69) is 32.2 Å². The van der Waals surface area contributed by atoms with Crippen LogP contribution in [0.4, 0.5) is 0 Å². The number of nitrogens with one attached hydrogen (secondary N) is 1. The zero-order valence-electron chi connectivity index (χ0n) is 13.1. The number of imidazole rings is 1. The lowest BCUT2D eigenvalue weighted by Crippen LogP contribution is -2.27. The van der Waals surface area contributed by atoms with Gasteiger partial charge in [-0.05, 0) is 23.1 Å². The van der Waals surface area contributed by atoms with E-state index in [9.17, 15) is 4.79 Å². The number of fused-ring (bicyclic) bond motifs is 1. The lowest BCUT2D eigenvalue weighted by atomic mass is 9.97. The van der Waals surface area contributed by atoms with Crippen LogP contribution in [0.15, 0.2) is 23.0 Å². The predicted octanol–water partition coefficient (Wildman–Crippen LogP) is 1.77. The average Bonchev–Trinajstić information content (AvgIpc) is 3.01. The van der Waals surface area contributed by atoms with Crippen molar-refractivity contribution in [3.05, 3.63) is 34.4 Å². The topological polar surface area (TPSA) is 51.9 Å². The molecule has 0 unspecified atom stereocenters. The monoisotopic (exact) mass is 286 g/mol. The fraction of sp³-hybridized carbons (Fsp3) is 0.500. The van der Waals surface area contributed by atoms with Crippen molar-refractivity contribution in [3.8, 4) is 0 Å². The van der Waals surface area contributed by atoms with Crippen molar-refractivity contribution in [1.82, 2.24) is 19.4 Å². The lowest BCUT2D eigenvalue weighted by Gasteiger charge is -2.18. The molecule has 0 saturated carbocycles. The highest BCUT2D eigenvalue weighted by Crippen LogP contribution is 2.21. The number of aromatic nitrogens is 3. The first-order chi connectivity index (χ1) is 9.87. The highest BCUT2D eigenvalue weighted by atomic mass is 16.1. The molecule has 2 aromatic rings. The molecule has 0 fully saturated rings. The summed E-state index contributed by atoms with van der Waals surface area (Å²) in [6.07, 6.45) is 2.15. The summed E-state index contributed by atoms with van der Waals surface area (Å²) in [4.78, 5) is 17.2. The van der Waals surface area contributed by atoms with E-state index in [1.807, 2.05) is 16.7 Å². The van der Waals surface area contributed by atoms with Gasteiger partial charge in [0.2, 0.25) is 0 Å². The number of rotatable bonds is 2. The van der Waals surface area contributed by atoms with Gasteiger partial charge in [-0.1, -0.05) is 26.8 Å². The Morgan fingerprint density at radius 2 is 2.10 bits per heavy atom. The summed E-state index contributed by atoms with van der Waals surface area (Å²) < 4.78 is 3.47. The quantitative estimate of drug-likeness (QED) is 0.915. The molecule has 1 N–H and O–H groups in total. The third kappa shape index (κ3) is 2.53. The largest absolute Gasteiger partial charge is 0.330 e. The van der Waals surface area contributed by atoms with Gasteiger partial charge in [0.1, 0.15) is 0 Å². The van der Waals surface area contributed by atoms with Crippen LogP contribution in [-0.2, 0) is 13.6 Å². The lowest BCUT2D eigenvalue weighted by molar-refractivity contribution is 0.342. The predicted molar refractivity (Wildman–Crippen MR) is 85.3 cm³/mol. The van der Waals surface area contributed by atoms with E-state index in [-0.39, 0.29) is 11.1 Å².